The van der Waals surface area contributed by atoms with E-state index in [1.807, 2.05) is 25.1 Å². The molecule has 0 bridgehead atoms. The predicted octanol–water partition coefficient (Wildman–Crippen LogP) is 5.81. The first-order valence-electron chi connectivity index (χ1n) is 10.9. The molecule has 0 atom stereocenters. The zero-order valence-electron chi connectivity index (χ0n) is 18.7. The van der Waals surface area contributed by atoms with E-state index in [9.17, 15) is 8.42 Å². The number of hydrogen-bond acceptors (Lipinski definition) is 6. The van der Waals surface area contributed by atoms with Gasteiger partial charge in [-0.2, -0.15) is 0 Å². The molecule has 0 unspecified atom stereocenters. The summed E-state index contributed by atoms with van der Waals surface area (Å²) in [4.78, 5) is 8.23. The molecule has 8 heteroatoms. The van der Waals surface area contributed by atoms with Crippen molar-refractivity contribution in [3.05, 3.63) is 103 Å². The number of pyridine rings is 2. The lowest BCUT2D eigenvalue weighted by molar-refractivity contribution is 0.456. The molecule has 0 N–H and O–H groups in total. The van der Waals surface area contributed by atoms with E-state index in [4.69, 9.17) is 9.47 Å². The fraction of sp³-hybridized carbons (Fsp3) is 0.154. The van der Waals surface area contributed by atoms with Crippen LogP contribution in [0.5, 0.6) is 23.1 Å². The topological polar surface area (TPSA) is 81.6 Å². The Hall–Kier alpha value is -3.91. The second kappa shape index (κ2) is 10.8. The van der Waals surface area contributed by atoms with Crippen LogP contribution in [0.4, 0.5) is 5.69 Å². The molecule has 0 spiro atoms. The molecule has 0 aliphatic heterocycles. The fourth-order valence-electron chi connectivity index (χ4n) is 3.30. The van der Waals surface area contributed by atoms with Gasteiger partial charge >= 0.3 is 0 Å². The van der Waals surface area contributed by atoms with Gasteiger partial charge in [0.1, 0.15) is 17.2 Å². The Kier molecular flexibility index (Phi) is 7.39. The van der Waals surface area contributed by atoms with Crippen LogP contribution in [0.3, 0.4) is 0 Å². The highest BCUT2D eigenvalue weighted by molar-refractivity contribution is 7.92. The van der Waals surface area contributed by atoms with Crippen LogP contribution in [0, 0.1) is 0 Å². The first-order valence-corrected chi connectivity index (χ1v) is 12.5. The Morgan fingerprint density at radius 2 is 1.47 bits per heavy atom. The summed E-state index contributed by atoms with van der Waals surface area (Å²) in [6.07, 6.45) is 5.54. The Labute approximate surface area is 199 Å². The van der Waals surface area contributed by atoms with Gasteiger partial charge in [-0.1, -0.05) is 19.1 Å². The summed E-state index contributed by atoms with van der Waals surface area (Å²) in [6.45, 7) is 2.07. The molecule has 0 amide bonds. The highest BCUT2D eigenvalue weighted by Gasteiger charge is 2.22. The molecule has 0 radical (unpaired) electrons. The van der Waals surface area contributed by atoms with Gasteiger partial charge in [-0.15, -0.1) is 0 Å². The predicted molar refractivity (Wildman–Crippen MR) is 132 cm³/mol. The molecule has 174 valence electrons. The Morgan fingerprint density at radius 3 is 2.06 bits per heavy atom. The van der Waals surface area contributed by atoms with Crippen LogP contribution in [0.2, 0.25) is 0 Å². The number of benzene rings is 2. The molecule has 4 aromatic rings. The lowest BCUT2D eigenvalue weighted by atomic mass is 10.2. The first kappa shape index (κ1) is 23.3. The number of nitrogens with zero attached hydrogens (tertiary/aromatic N) is 3. The van der Waals surface area contributed by atoms with E-state index in [0.29, 0.717) is 35.2 Å². The Balaban J connectivity index is 1.47. The maximum absolute atomic E-state index is 12.9. The minimum Gasteiger partial charge on any atom is -0.457 e. The van der Waals surface area contributed by atoms with Crippen LogP contribution in [-0.4, -0.2) is 24.1 Å². The van der Waals surface area contributed by atoms with Gasteiger partial charge in [-0.25, -0.2) is 13.4 Å². The summed E-state index contributed by atoms with van der Waals surface area (Å²) in [5.41, 5.74) is 1.39. The minimum atomic E-state index is -3.48. The van der Waals surface area contributed by atoms with Crippen molar-refractivity contribution in [1.29, 1.82) is 0 Å². The van der Waals surface area contributed by atoms with E-state index < -0.39 is 10.0 Å². The van der Waals surface area contributed by atoms with Crippen LogP contribution < -0.4 is 13.8 Å². The maximum Gasteiger partial charge on any atom is 0.235 e. The average molecular weight is 476 g/mol. The van der Waals surface area contributed by atoms with Crippen molar-refractivity contribution in [2.45, 2.75) is 19.9 Å². The summed E-state index contributed by atoms with van der Waals surface area (Å²) >= 11 is 0. The lowest BCUT2D eigenvalue weighted by Gasteiger charge is -2.24. The van der Waals surface area contributed by atoms with Gasteiger partial charge in [-0.3, -0.25) is 9.29 Å². The summed E-state index contributed by atoms with van der Waals surface area (Å²) in [6, 6.07) is 23.3. The number of hydrogen-bond donors (Lipinski definition) is 0. The fourth-order valence-corrected chi connectivity index (χ4v) is 4.82. The van der Waals surface area contributed by atoms with Crippen molar-refractivity contribution < 1.29 is 17.9 Å². The molecule has 0 fully saturated rings. The van der Waals surface area contributed by atoms with Gasteiger partial charge in [0.2, 0.25) is 15.9 Å². The van der Waals surface area contributed by atoms with E-state index in [2.05, 4.69) is 9.97 Å². The molecule has 2 aromatic carbocycles. The van der Waals surface area contributed by atoms with E-state index in [-0.39, 0.29) is 12.3 Å². The molecular weight excluding hydrogens is 450 g/mol. The molecule has 2 heterocycles. The summed E-state index contributed by atoms with van der Waals surface area (Å²) in [7, 11) is -3.48. The molecular formula is C26H25N3O4S. The molecule has 0 aliphatic carbocycles. The van der Waals surface area contributed by atoms with Crippen molar-refractivity contribution >= 4 is 15.7 Å². The molecule has 34 heavy (non-hydrogen) atoms. The van der Waals surface area contributed by atoms with E-state index in [0.717, 1.165) is 5.56 Å². The van der Waals surface area contributed by atoms with E-state index in [1.54, 1.807) is 79.3 Å². The van der Waals surface area contributed by atoms with Gasteiger partial charge in [-0.05, 0) is 72.6 Å². The number of aromatic nitrogens is 2. The third-order valence-corrected chi connectivity index (χ3v) is 6.83. The zero-order chi connectivity index (χ0) is 23.8. The summed E-state index contributed by atoms with van der Waals surface area (Å²) < 4.78 is 38.9. The maximum atomic E-state index is 12.9. The standard InChI is InChI=1S/C26H25N3O4S/c1-2-18-34(30,31)29(20-21-6-5-16-27-19-21)22-8-10-23(11-9-22)32-24-12-14-25(15-13-24)33-26-7-3-4-17-28-26/h3-17,19H,2,18,20H2,1H3. The van der Waals surface area contributed by atoms with Gasteiger partial charge in [0.15, 0.2) is 0 Å². The molecule has 4 rings (SSSR count). The summed E-state index contributed by atoms with van der Waals surface area (Å²) in [5.74, 6) is 2.45. The van der Waals surface area contributed by atoms with Gasteiger partial charge in [0.05, 0.1) is 18.0 Å². The average Bonchev–Trinajstić information content (AvgIpc) is 2.86. The highest BCUT2D eigenvalue weighted by Crippen LogP contribution is 2.29. The highest BCUT2D eigenvalue weighted by atomic mass is 32.2. The Bertz CT molecular complexity index is 1280. The van der Waals surface area contributed by atoms with E-state index in [1.165, 1.54) is 4.31 Å². The first-order chi connectivity index (χ1) is 16.5. The third-order valence-electron chi connectivity index (χ3n) is 4.89. The molecule has 0 saturated heterocycles. The minimum absolute atomic E-state index is 0.0679. The molecule has 2 aromatic heterocycles. The van der Waals surface area contributed by atoms with Crippen molar-refractivity contribution in [3.8, 4) is 23.1 Å². The number of sulfonamides is 1. The number of ether oxygens (including phenoxy) is 2. The number of rotatable bonds is 10. The third kappa shape index (κ3) is 6.11. The summed E-state index contributed by atoms with van der Waals surface area (Å²) in [5, 5.41) is 0. The van der Waals surface area contributed by atoms with Gasteiger partial charge < -0.3 is 9.47 Å². The quantitative estimate of drug-likeness (QED) is 0.288. The van der Waals surface area contributed by atoms with Crippen LogP contribution in [-0.2, 0) is 16.6 Å². The monoisotopic (exact) mass is 475 g/mol. The van der Waals surface area contributed by atoms with Crippen LogP contribution in [0.25, 0.3) is 0 Å². The van der Waals surface area contributed by atoms with E-state index >= 15 is 0 Å². The number of anilines is 1. The zero-order valence-corrected chi connectivity index (χ0v) is 19.6. The van der Waals surface area contributed by atoms with Crippen LogP contribution >= 0.6 is 0 Å². The second-order valence-corrected chi connectivity index (χ2v) is 9.53. The smallest absolute Gasteiger partial charge is 0.235 e. The van der Waals surface area contributed by atoms with Crippen molar-refractivity contribution in [2.24, 2.45) is 0 Å². The van der Waals surface area contributed by atoms with Crippen molar-refractivity contribution in [2.75, 3.05) is 10.1 Å². The second-order valence-electron chi connectivity index (χ2n) is 7.52. The normalized spacial score (nSPS) is 11.1. The van der Waals surface area contributed by atoms with Crippen LogP contribution in [0.15, 0.2) is 97.5 Å². The lowest BCUT2D eigenvalue weighted by Crippen LogP contribution is -2.32. The SMILES string of the molecule is CCCS(=O)(=O)N(Cc1cccnc1)c1ccc(Oc2ccc(Oc3ccccn3)cc2)cc1. The molecule has 0 saturated carbocycles. The largest absolute Gasteiger partial charge is 0.457 e. The Morgan fingerprint density at radius 1 is 0.794 bits per heavy atom. The molecule has 0 aliphatic rings. The van der Waals surface area contributed by atoms with Crippen molar-refractivity contribution in [3.63, 3.8) is 0 Å². The van der Waals surface area contributed by atoms with Crippen LogP contribution in [0.1, 0.15) is 18.9 Å². The van der Waals surface area contributed by atoms with Crippen molar-refractivity contribution in [1.82, 2.24) is 9.97 Å². The van der Waals surface area contributed by atoms with Gasteiger partial charge in [0, 0.05) is 24.7 Å². The van der Waals surface area contributed by atoms with Gasteiger partial charge in [0.25, 0.3) is 0 Å². The molecule has 7 nitrogen and oxygen atoms in total.